The Labute approximate surface area is 96.4 Å². The molecule has 3 heteroatoms. The smallest absolute Gasteiger partial charge is 0.226 e. The normalized spacial score (nSPS) is 25.5. The first kappa shape index (κ1) is 12.5. The minimum absolute atomic E-state index is 0.298. The number of allylic oxidation sites excluding steroid dienone is 2. The molecule has 0 aliphatic heterocycles. The monoisotopic (exact) mass is 227 g/mol. The van der Waals surface area contributed by atoms with E-state index in [-0.39, 0.29) is 5.24 Å². The maximum atomic E-state index is 10.8. The molecule has 2 atom stereocenters. The highest BCUT2D eigenvalue weighted by atomic mass is 35.5. The Balaban J connectivity index is 2.58. The summed E-state index contributed by atoms with van der Waals surface area (Å²) < 4.78 is 0. The van der Waals surface area contributed by atoms with E-state index in [9.17, 15) is 4.79 Å². The first-order valence-electron chi connectivity index (χ1n) is 5.32. The Morgan fingerprint density at radius 3 is 2.73 bits per heavy atom. The van der Waals surface area contributed by atoms with E-state index in [1.54, 1.807) is 0 Å². The Bertz CT molecular complexity index is 294. The maximum Gasteiger partial charge on any atom is 0.226 e. The minimum Gasteiger partial charge on any atom is -0.308 e. The summed E-state index contributed by atoms with van der Waals surface area (Å²) in [6, 6.07) is 0.825. The first-order chi connectivity index (χ1) is 6.99. The van der Waals surface area contributed by atoms with Crippen LogP contribution < -0.4 is 5.32 Å². The number of rotatable bonds is 4. The number of halogens is 1. The number of carbonyl (C=O) groups excluding carboxylic acids is 1. The predicted octanol–water partition coefficient (Wildman–Crippen LogP) is 2.64. The predicted molar refractivity (Wildman–Crippen MR) is 63.9 cm³/mol. The lowest BCUT2D eigenvalue weighted by Gasteiger charge is -2.25. The summed E-state index contributed by atoms with van der Waals surface area (Å²) in [5.74, 6) is 0.406. The van der Waals surface area contributed by atoms with Crippen LogP contribution in [0.4, 0.5) is 0 Å². The van der Waals surface area contributed by atoms with Crippen LogP contribution in [-0.4, -0.2) is 17.3 Å². The van der Waals surface area contributed by atoms with Gasteiger partial charge in [0.15, 0.2) is 0 Å². The molecule has 1 N–H and O–H groups in total. The molecule has 0 fully saturated rings. The lowest BCUT2D eigenvalue weighted by molar-refractivity contribution is -0.111. The average Bonchev–Trinajstić information content (AvgIpc) is 2.08. The van der Waals surface area contributed by atoms with Crippen molar-refractivity contribution in [2.75, 3.05) is 0 Å². The molecule has 2 unspecified atom stereocenters. The van der Waals surface area contributed by atoms with Crippen LogP contribution in [0.5, 0.6) is 0 Å². The van der Waals surface area contributed by atoms with Gasteiger partial charge in [0, 0.05) is 18.5 Å². The molecule has 1 aliphatic carbocycles. The molecule has 0 saturated carbocycles. The zero-order valence-corrected chi connectivity index (χ0v) is 10.2. The fourth-order valence-electron chi connectivity index (χ4n) is 1.77. The van der Waals surface area contributed by atoms with E-state index in [0.29, 0.717) is 24.4 Å². The fraction of sp³-hybridized carbons (Fsp3) is 0.583. The van der Waals surface area contributed by atoms with E-state index in [2.05, 4.69) is 38.2 Å². The van der Waals surface area contributed by atoms with Gasteiger partial charge in [0.1, 0.15) is 0 Å². The van der Waals surface area contributed by atoms with Crippen molar-refractivity contribution in [2.24, 2.45) is 5.92 Å². The van der Waals surface area contributed by atoms with Crippen molar-refractivity contribution in [1.29, 1.82) is 0 Å². The van der Waals surface area contributed by atoms with Crippen LogP contribution in [0, 0.1) is 5.92 Å². The van der Waals surface area contributed by atoms with Crippen LogP contribution in [0.15, 0.2) is 23.8 Å². The molecule has 15 heavy (non-hydrogen) atoms. The molecule has 0 aromatic carbocycles. The van der Waals surface area contributed by atoms with Crippen molar-refractivity contribution >= 4 is 16.8 Å². The molecule has 1 aliphatic rings. The van der Waals surface area contributed by atoms with E-state index in [4.69, 9.17) is 11.6 Å². The van der Waals surface area contributed by atoms with Crippen molar-refractivity contribution in [2.45, 2.75) is 39.3 Å². The van der Waals surface area contributed by atoms with E-state index in [0.717, 1.165) is 5.57 Å². The van der Waals surface area contributed by atoms with Gasteiger partial charge in [-0.1, -0.05) is 39.0 Å². The molecule has 0 radical (unpaired) electrons. The lowest BCUT2D eigenvalue weighted by atomic mass is 9.91. The number of carbonyl (C=O) groups is 1. The topological polar surface area (TPSA) is 29.1 Å². The van der Waals surface area contributed by atoms with E-state index in [1.807, 2.05) is 6.08 Å². The minimum atomic E-state index is -0.298. The van der Waals surface area contributed by atoms with Crippen molar-refractivity contribution in [3.63, 3.8) is 0 Å². The molecule has 2 nitrogen and oxygen atoms in total. The molecule has 1 rings (SSSR count). The van der Waals surface area contributed by atoms with Crippen molar-refractivity contribution in [3.05, 3.63) is 23.8 Å². The zero-order valence-electron chi connectivity index (χ0n) is 9.46. The summed E-state index contributed by atoms with van der Waals surface area (Å²) in [5, 5.41) is 3.16. The molecular formula is C12H18ClNO. The summed E-state index contributed by atoms with van der Waals surface area (Å²) in [6.07, 6.45) is 6.54. The fourth-order valence-corrected chi connectivity index (χ4v) is 1.92. The SMILES string of the molecule is CC(C)NC1C=CC(CC(=O)Cl)=CC1C. The van der Waals surface area contributed by atoms with Gasteiger partial charge >= 0.3 is 0 Å². The summed E-state index contributed by atoms with van der Waals surface area (Å²) >= 11 is 5.35. The Hall–Kier alpha value is -0.600. The summed E-state index contributed by atoms with van der Waals surface area (Å²) in [6.45, 7) is 6.40. The van der Waals surface area contributed by atoms with Gasteiger partial charge in [-0.3, -0.25) is 4.79 Å². The molecule has 0 aromatic rings. The lowest BCUT2D eigenvalue weighted by Crippen LogP contribution is -2.38. The number of nitrogens with one attached hydrogen (secondary N) is 1. The van der Waals surface area contributed by atoms with Gasteiger partial charge < -0.3 is 5.32 Å². The third kappa shape index (κ3) is 4.18. The van der Waals surface area contributed by atoms with E-state index < -0.39 is 0 Å². The second-order valence-corrected chi connectivity index (χ2v) is 4.76. The summed E-state index contributed by atoms with van der Waals surface area (Å²) in [5.41, 5.74) is 1.02. The first-order valence-corrected chi connectivity index (χ1v) is 5.70. The molecule has 0 spiro atoms. The van der Waals surface area contributed by atoms with Crippen molar-refractivity contribution in [1.82, 2.24) is 5.32 Å². The highest BCUT2D eigenvalue weighted by Crippen LogP contribution is 2.20. The zero-order chi connectivity index (χ0) is 11.4. The third-order valence-electron chi connectivity index (χ3n) is 2.43. The Morgan fingerprint density at radius 1 is 1.60 bits per heavy atom. The van der Waals surface area contributed by atoms with Crippen molar-refractivity contribution < 1.29 is 4.79 Å². The quantitative estimate of drug-likeness (QED) is 0.749. The van der Waals surface area contributed by atoms with E-state index >= 15 is 0 Å². The molecule has 0 saturated heterocycles. The third-order valence-corrected chi connectivity index (χ3v) is 2.56. The molecule has 0 bridgehead atoms. The molecule has 0 heterocycles. The van der Waals surface area contributed by atoms with Crippen LogP contribution in [0.2, 0.25) is 0 Å². The van der Waals surface area contributed by atoms with Gasteiger partial charge in [0.25, 0.3) is 0 Å². The van der Waals surface area contributed by atoms with Gasteiger partial charge in [-0.2, -0.15) is 0 Å². The molecule has 84 valence electrons. The van der Waals surface area contributed by atoms with Crippen LogP contribution in [-0.2, 0) is 4.79 Å². The number of hydrogen-bond donors (Lipinski definition) is 1. The van der Waals surface area contributed by atoms with Crippen LogP contribution in [0.1, 0.15) is 27.2 Å². The van der Waals surface area contributed by atoms with Gasteiger partial charge in [-0.25, -0.2) is 0 Å². The molecule has 0 aromatic heterocycles. The van der Waals surface area contributed by atoms with Gasteiger partial charge in [0.05, 0.1) is 0 Å². The number of hydrogen-bond acceptors (Lipinski definition) is 2. The Kier molecular flexibility index (Phi) is 4.55. The van der Waals surface area contributed by atoms with Gasteiger partial charge in [-0.15, -0.1) is 0 Å². The van der Waals surface area contributed by atoms with Gasteiger partial charge in [0.2, 0.25) is 5.24 Å². The van der Waals surface area contributed by atoms with Crippen LogP contribution >= 0.6 is 11.6 Å². The van der Waals surface area contributed by atoms with Crippen LogP contribution in [0.25, 0.3) is 0 Å². The molecular weight excluding hydrogens is 210 g/mol. The second kappa shape index (κ2) is 5.47. The van der Waals surface area contributed by atoms with Crippen LogP contribution in [0.3, 0.4) is 0 Å². The standard InChI is InChI=1S/C12H18ClNO/c1-8(2)14-11-5-4-10(6-9(11)3)7-12(13)15/h4-6,8-9,11,14H,7H2,1-3H3. The second-order valence-electron chi connectivity index (χ2n) is 4.34. The maximum absolute atomic E-state index is 10.8. The molecule has 0 amide bonds. The Morgan fingerprint density at radius 2 is 2.27 bits per heavy atom. The summed E-state index contributed by atoms with van der Waals surface area (Å²) in [7, 11) is 0. The van der Waals surface area contributed by atoms with Gasteiger partial charge in [-0.05, 0) is 23.1 Å². The average molecular weight is 228 g/mol. The highest BCUT2D eigenvalue weighted by Gasteiger charge is 2.17. The largest absolute Gasteiger partial charge is 0.308 e. The van der Waals surface area contributed by atoms with E-state index in [1.165, 1.54) is 0 Å². The highest BCUT2D eigenvalue weighted by molar-refractivity contribution is 6.63. The van der Waals surface area contributed by atoms with Crippen molar-refractivity contribution in [3.8, 4) is 0 Å². The summed E-state index contributed by atoms with van der Waals surface area (Å²) in [4.78, 5) is 10.8.